The average molecular weight is 357 g/mol. The lowest BCUT2D eigenvalue weighted by Gasteiger charge is -2.17. The van der Waals surface area contributed by atoms with Gasteiger partial charge in [0.05, 0.1) is 6.42 Å². The molecule has 6 heteroatoms. The SMILES string of the molecule is CN(Cc1ccccc1F)C(=O)COC(=O)CCC(=O)c1ccccc1. The van der Waals surface area contributed by atoms with Crippen molar-refractivity contribution in [3.05, 3.63) is 71.5 Å². The highest BCUT2D eigenvalue weighted by atomic mass is 19.1. The standard InChI is InChI=1S/C20H20FNO4/c1-22(13-16-9-5-6-10-17(16)21)19(24)14-26-20(25)12-11-18(23)15-7-3-2-4-8-15/h2-10H,11-14H2,1H3. The van der Waals surface area contributed by atoms with Gasteiger partial charge in [0.1, 0.15) is 5.82 Å². The van der Waals surface area contributed by atoms with E-state index >= 15 is 0 Å². The lowest BCUT2D eigenvalue weighted by molar-refractivity contribution is -0.151. The van der Waals surface area contributed by atoms with Crippen LogP contribution in [0.15, 0.2) is 54.6 Å². The number of rotatable bonds is 8. The van der Waals surface area contributed by atoms with Crippen LogP contribution in [0, 0.1) is 5.82 Å². The Morgan fingerprint density at radius 2 is 1.62 bits per heavy atom. The average Bonchev–Trinajstić information content (AvgIpc) is 2.66. The molecule has 0 aromatic heterocycles. The van der Waals surface area contributed by atoms with E-state index in [1.807, 2.05) is 0 Å². The van der Waals surface area contributed by atoms with Crippen molar-refractivity contribution in [2.75, 3.05) is 13.7 Å². The summed E-state index contributed by atoms with van der Waals surface area (Å²) in [5.41, 5.74) is 0.907. The summed E-state index contributed by atoms with van der Waals surface area (Å²) in [7, 11) is 1.50. The van der Waals surface area contributed by atoms with Crippen molar-refractivity contribution in [1.29, 1.82) is 0 Å². The number of carbonyl (C=O) groups is 3. The van der Waals surface area contributed by atoms with Crippen LogP contribution in [0.2, 0.25) is 0 Å². The zero-order valence-corrected chi connectivity index (χ0v) is 14.5. The largest absolute Gasteiger partial charge is 0.456 e. The highest BCUT2D eigenvalue weighted by Crippen LogP contribution is 2.09. The van der Waals surface area contributed by atoms with Crippen molar-refractivity contribution in [2.24, 2.45) is 0 Å². The number of halogens is 1. The maximum absolute atomic E-state index is 13.6. The van der Waals surface area contributed by atoms with Crippen molar-refractivity contribution in [3.63, 3.8) is 0 Å². The van der Waals surface area contributed by atoms with Gasteiger partial charge in [-0.1, -0.05) is 48.5 Å². The Morgan fingerprint density at radius 1 is 0.962 bits per heavy atom. The van der Waals surface area contributed by atoms with E-state index in [4.69, 9.17) is 4.74 Å². The fraction of sp³-hybridized carbons (Fsp3) is 0.250. The molecule has 0 aliphatic carbocycles. The second-order valence-electron chi connectivity index (χ2n) is 5.79. The van der Waals surface area contributed by atoms with Gasteiger partial charge in [0.25, 0.3) is 5.91 Å². The molecule has 2 rings (SSSR count). The van der Waals surface area contributed by atoms with Crippen LogP contribution in [-0.4, -0.2) is 36.2 Å². The number of likely N-dealkylation sites (N-methyl/N-ethyl adjacent to an activating group) is 1. The Bertz CT molecular complexity index is 776. The first-order chi connectivity index (χ1) is 12.5. The van der Waals surface area contributed by atoms with Gasteiger partial charge in [-0.05, 0) is 6.07 Å². The smallest absolute Gasteiger partial charge is 0.306 e. The summed E-state index contributed by atoms with van der Waals surface area (Å²) in [5, 5.41) is 0. The highest BCUT2D eigenvalue weighted by Gasteiger charge is 2.15. The van der Waals surface area contributed by atoms with Gasteiger partial charge in [0.15, 0.2) is 12.4 Å². The maximum atomic E-state index is 13.6. The molecular weight excluding hydrogens is 337 g/mol. The summed E-state index contributed by atoms with van der Waals surface area (Å²) in [6.45, 7) is -0.362. The third-order valence-electron chi connectivity index (χ3n) is 3.80. The lowest BCUT2D eigenvalue weighted by atomic mass is 10.1. The Kier molecular flexibility index (Phi) is 7.02. The summed E-state index contributed by atoms with van der Waals surface area (Å²) in [6, 6.07) is 14.8. The van der Waals surface area contributed by atoms with Crippen LogP contribution in [0.1, 0.15) is 28.8 Å². The molecule has 1 amide bonds. The number of benzene rings is 2. The summed E-state index contributed by atoms with van der Waals surface area (Å²) in [6.07, 6.45) is -0.0832. The lowest BCUT2D eigenvalue weighted by Crippen LogP contribution is -2.31. The van der Waals surface area contributed by atoms with Gasteiger partial charge < -0.3 is 9.64 Å². The summed E-state index contributed by atoms with van der Waals surface area (Å²) >= 11 is 0. The van der Waals surface area contributed by atoms with Crippen molar-refractivity contribution in [1.82, 2.24) is 4.90 Å². The molecule has 0 N–H and O–H groups in total. The molecule has 0 heterocycles. The minimum atomic E-state index is -0.623. The Labute approximate surface area is 151 Å². The molecule has 5 nitrogen and oxygen atoms in total. The number of carbonyl (C=O) groups excluding carboxylic acids is 3. The van der Waals surface area contributed by atoms with Crippen molar-refractivity contribution >= 4 is 17.7 Å². The van der Waals surface area contributed by atoms with Gasteiger partial charge in [-0.3, -0.25) is 14.4 Å². The molecule has 0 aliphatic heterocycles. The normalized spacial score (nSPS) is 10.2. The number of ether oxygens (including phenoxy) is 1. The molecule has 0 spiro atoms. The molecule has 26 heavy (non-hydrogen) atoms. The minimum Gasteiger partial charge on any atom is -0.456 e. The van der Waals surface area contributed by atoms with E-state index in [1.54, 1.807) is 48.5 Å². The van der Waals surface area contributed by atoms with Crippen molar-refractivity contribution in [3.8, 4) is 0 Å². The number of hydrogen-bond donors (Lipinski definition) is 0. The van der Waals surface area contributed by atoms with Gasteiger partial charge in [0.2, 0.25) is 0 Å². The number of esters is 1. The molecule has 0 radical (unpaired) electrons. The molecular formula is C20H20FNO4. The van der Waals surface area contributed by atoms with E-state index in [0.29, 0.717) is 11.1 Å². The minimum absolute atomic E-state index is 0.0160. The molecule has 0 atom stereocenters. The fourth-order valence-electron chi connectivity index (χ4n) is 2.28. The van der Waals surface area contributed by atoms with E-state index in [1.165, 1.54) is 18.0 Å². The Hall–Kier alpha value is -3.02. The first-order valence-corrected chi connectivity index (χ1v) is 8.18. The van der Waals surface area contributed by atoms with Gasteiger partial charge in [-0.2, -0.15) is 0 Å². The molecule has 2 aromatic rings. The maximum Gasteiger partial charge on any atom is 0.306 e. The van der Waals surface area contributed by atoms with Gasteiger partial charge in [-0.25, -0.2) is 4.39 Å². The summed E-state index contributed by atoms with van der Waals surface area (Å²) in [4.78, 5) is 36.9. The molecule has 0 saturated carbocycles. The van der Waals surface area contributed by atoms with Crippen LogP contribution in [0.4, 0.5) is 4.39 Å². The van der Waals surface area contributed by atoms with Crippen LogP contribution >= 0.6 is 0 Å². The first kappa shape index (κ1) is 19.3. The zero-order valence-electron chi connectivity index (χ0n) is 14.5. The second kappa shape index (κ2) is 9.46. The van der Waals surface area contributed by atoms with E-state index in [9.17, 15) is 18.8 Å². The Morgan fingerprint density at radius 3 is 2.31 bits per heavy atom. The first-order valence-electron chi connectivity index (χ1n) is 8.18. The topological polar surface area (TPSA) is 63.7 Å². The van der Waals surface area contributed by atoms with Crippen LogP contribution in [0.5, 0.6) is 0 Å². The third kappa shape index (κ3) is 5.81. The molecule has 0 bridgehead atoms. The fourth-order valence-corrected chi connectivity index (χ4v) is 2.28. The number of amides is 1. The predicted octanol–water partition coefficient (Wildman–Crippen LogP) is 2.99. The zero-order chi connectivity index (χ0) is 18.9. The summed E-state index contributed by atoms with van der Waals surface area (Å²) < 4.78 is 18.5. The molecule has 2 aromatic carbocycles. The van der Waals surface area contributed by atoms with Gasteiger partial charge in [-0.15, -0.1) is 0 Å². The van der Waals surface area contributed by atoms with Crippen molar-refractivity contribution < 1.29 is 23.5 Å². The van der Waals surface area contributed by atoms with Crippen molar-refractivity contribution in [2.45, 2.75) is 19.4 Å². The van der Waals surface area contributed by atoms with Gasteiger partial charge in [0, 0.05) is 31.1 Å². The predicted molar refractivity (Wildman–Crippen MR) is 93.8 cm³/mol. The van der Waals surface area contributed by atoms with E-state index in [-0.39, 0.29) is 25.2 Å². The van der Waals surface area contributed by atoms with E-state index in [2.05, 4.69) is 0 Å². The molecule has 0 fully saturated rings. The number of nitrogens with zero attached hydrogens (tertiary/aromatic N) is 1. The van der Waals surface area contributed by atoms with E-state index < -0.39 is 24.3 Å². The van der Waals surface area contributed by atoms with Gasteiger partial charge >= 0.3 is 5.97 Å². The van der Waals surface area contributed by atoms with Crippen LogP contribution in [0.3, 0.4) is 0 Å². The van der Waals surface area contributed by atoms with Crippen LogP contribution in [-0.2, 0) is 20.9 Å². The molecule has 0 saturated heterocycles. The quantitative estimate of drug-likeness (QED) is 0.538. The number of ketones is 1. The third-order valence-corrected chi connectivity index (χ3v) is 3.80. The summed E-state index contributed by atoms with van der Waals surface area (Å²) in [5.74, 6) is -1.63. The van der Waals surface area contributed by atoms with Crippen LogP contribution < -0.4 is 0 Å². The van der Waals surface area contributed by atoms with E-state index in [0.717, 1.165) is 0 Å². The highest BCUT2D eigenvalue weighted by molar-refractivity contribution is 5.97. The molecule has 136 valence electrons. The monoisotopic (exact) mass is 357 g/mol. The second-order valence-corrected chi connectivity index (χ2v) is 5.79. The molecule has 0 unspecified atom stereocenters. The van der Waals surface area contributed by atoms with Crippen LogP contribution in [0.25, 0.3) is 0 Å². The Balaban J connectivity index is 1.73. The number of hydrogen-bond acceptors (Lipinski definition) is 4. The molecule has 0 aliphatic rings. The number of Topliss-reactive ketones (excluding diaryl/α,β-unsaturated/α-hetero) is 1.